The van der Waals surface area contributed by atoms with Crippen molar-refractivity contribution in [2.75, 3.05) is 0 Å². The van der Waals surface area contributed by atoms with E-state index in [4.69, 9.17) is 0 Å². The molecule has 0 spiro atoms. The standard InChI is InChI=1S/C9H6BrNO3/c10-6-3-1-2-5(4-6)7-8(12)14-9(13)11-7/h1-4,7H,(H,11,13). The Hall–Kier alpha value is -1.36. The van der Waals surface area contributed by atoms with Crippen LogP contribution < -0.4 is 5.32 Å². The number of benzene rings is 1. The summed E-state index contributed by atoms with van der Waals surface area (Å²) >= 11 is 3.28. The maximum absolute atomic E-state index is 11.2. The molecule has 1 heterocycles. The van der Waals surface area contributed by atoms with Crippen LogP contribution in [0.3, 0.4) is 0 Å². The van der Waals surface area contributed by atoms with Gasteiger partial charge in [-0.1, -0.05) is 28.1 Å². The molecule has 1 aromatic carbocycles. The van der Waals surface area contributed by atoms with Gasteiger partial charge in [0.2, 0.25) is 0 Å². The summed E-state index contributed by atoms with van der Waals surface area (Å²) in [4.78, 5) is 21.9. The van der Waals surface area contributed by atoms with Crippen molar-refractivity contribution in [3.63, 3.8) is 0 Å². The maximum atomic E-state index is 11.2. The second-order valence-corrected chi connectivity index (χ2v) is 3.76. The molecular weight excluding hydrogens is 250 g/mol. The number of rotatable bonds is 1. The van der Waals surface area contributed by atoms with Crippen molar-refractivity contribution >= 4 is 28.0 Å². The third kappa shape index (κ3) is 1.63. The minimum atomic E-state index is -0.694. The number of amides is 1. The minimum absolute atomic E-state index is 0.562. The molecule has 1 aromatic rings. The number of ether oxygens (including phenoxy) is 1. The molecule has 0 saturated carbocycles. The summed E-state index contributed by atoms with van der Waals surface area (Å²) in [7, 11) is 0. The molecule has 1 unspecified atom stereocenters. The molecule has 2 rings (SSSR count). The molecule has 0 aliphatic carbocycles. The normalized spacial score (nSPS) is 20.5. The number of nitrogens with one attached hydrogen (secondary N) is 1. The first-order valence-corrected chi connectivity index (χ1v) is 4.74. The molecular formula is C9H6BrNO3. The number of carbonyl (C=O) groups excluding carboxylic acids is 2. The molecule has 1 fully saturated rings. The molecule has 0 radical (unpaired) electrons. The Morgan fingerprint density at radius 2 is 2.14 bits per heavy atom. The van der Waals surface area contributed by atoms with Gasteiger partial charge in [0.1, 0.15) is 0 Å². The van der Waals surface area contributed by atoms with Crippen LogP contribution in [0.1, 0.15) is 11.6 Å². The SMILES string of the molecule is O=C1NC(c2cccc(Br)c2)C(=O)O1. The van der Waals surface area contributed by atoms with Crippen molar-refractivity contribution in [3.05, 3.63) is 34.3 Å². The van der Waals surface area contributed by atoms with Gasteiger partial charge in [0.25, 0.3) is 0 Å². The molecule has 1 aliphatic rings. The zero-order valence-corrected chi connectivity index (χ0v) is 8.58. The van der Waals surface area contributed by atoms with Gasteiger partial charge >= 0.3 is 12.1 Å². The van der Waals surface area contributed by atoms with E-state index in [0.717, 1.165) is 4.47 Å². The lowest BCUT2D eigenvalue weighted by atomic mass is 10.1. The van der Waals surface area contributed by atoms with Gasteiger partial charge < -0.3 is 10.1 Å². The first-order valence-electron chi connectivity index (χ1n) is 3.94. The number of carbonyl (C=O) groups is 2. The van der Waals surface area contributed by atoms with E-state index in [9.17, 15) is 9.59 Å². The second-order valence-electron chi connectivity index (χ2n) is 2.84. The monoisotopic (exact) mass is 255 g/mol. The highest BCUT2D eigenvalue weighted by molar-refractivity contribution is 9.10. The first-order chi connectivity index (χ1) is 6.66. The minimum Gasteiger partial charge on any atom is -0.374 e. The fourth-order valence-corrected chi connectivity index (χ4v) is 1.68. The summed E-state index contributed by atoms with van der Waals surface area (Å²) in [6.45, 7) is 0. The Morgan fingerprint density at radius 3 is 2.71 bits per heavy atom. The molecule has 1 aliphatic heterocycles. The molecule has 1 amide bonds. The van der Waals surface area contributed by atoms with Crippen LogP contribution in [0.5, 0.6) is 0 Å². The van der Waals surface area contributed by atoms with Crippen LogP contribution in [-0.2, 0) is 9.53 Å². The van der Waals surface area contributed by atoms with Crippen LogP contribution in [0.25, 0.3) is 0 Å². The lowest BCUT2D eigenvalue weighted by molar-refractivity contribution is -0.135. The number of hydrogen-bond acceptors (Lipinski definition) is 3. The molecule has 0 bridgehead atoms. The summed E-state index contributed by atoms with van der Waals surface area (Å²) in [6.07, 6.45) is -0.694. The zero-order chi connectivity index (χ0) is 10.1. The highest BCUT2D eigenvalue weighted by Crippen LogP contribution is 2.22. The van der Waals surface area contributed by atoms with Gasteiger partial charge in [-0.3, -0.25) is 0 Å². The smallest absolute Gasteiger partial charge is 0.374 e. The van der Waals surface area contributed by atoms with Crippen molar-refractivity contribution in [2.45, 2.75) is 6.04 Å². The average Bonchev–Trinajstić information content (AvgIpc) is 2.45. The Labute approximate surface area is 88.4 Å². The second kappa shape index (κ2) is 3.42. The third-order valence-corrected chi connectivity index (χ3v) is 2.37. The number of alkyl carbamates (subject to hydrolysis) is 1. The molecule has 1 atom stereocenters. The van der Waals surface area contributed by atoms with Crippen molar-refractivity contribution in [2.24, 2.45) is 0 Å². The van der Waals surface area contributed by atoms with Gasteiger partial charge in [0, 0.05) is 4.47 Å². The number of halogens is 1. The molecule has 5 heteroatoms. The first kappa shape index (κ1) is 9.21. The quantitative estimate of drug-likeness (QED) is 0.615. The molecule has 1 saturated heterocycles. The van der Waals surface area contributed by atoms with E-state index in [-0.39, 0.29) is 0 Å². The largest absolute Gasteiger partial charge is 0.415 e. The van der Waals surface area contributed by atoms with Crippen molar-refractivity contribution < 1.29 is 14.3 Å². The Bertz CT molecular complexity index is 405. The van der Waals surface area contributed by atoms with E-state index in [2.05, 4.69) is 26.0 Å². The summed E-state index contributed by atoms with van der Waals surface area (Å²) in [5.74, 6) is -0.562. The van der Waals surface area contributed by atoms with Gasteiger partial charge in [-0.05, 0) is 17.7 Å². The predicted molar refractivity (Wildman–Crippen MR) is 51.5 cm³/mol. The van der Waals surface area contributed by atoms with Gasteiger partial charge in [0.05, 0.1) is 0 Å². The predicted octanol–water partition coefficient (Wildman–Crippen LogP) is 1.76. The van der Waals surface area contributed by atoms with E-state index in [1.54, 1.807) is 18.2 Å². The van der Waals surface area contributed by atoms with E-state index < -0.39 is 18.1 Å². The molecule has 1 N–H and O–H groups in total. The Morgan fingerprint density at radius 1 is 1.36 bits per heavy atom. The van der Waals surface area contributed by atoms with Crippen LogP contribution >= 0.6 is 15.9 Å². The summed E-state index contributed by atoms with van der Waals surface area (Å²) in [6, 6.07) is 6.46. The summed E-state index contributed by atoms with van der Waals surface area (Å²) in [5.41, 5.74) is 0.704. The summed E-state index contributed by atoms with van der Waals surface area (Å²) < 4.78 is 5.21. The third-order valence-electron chi connectivity index (χ3n) is 1.87. The number of hydrogen-bond donors (Lipinski definition) is 1. The lowest BCUT2D eigenvalue weighted by Crippen LogP contribution is -2.19. The van der Waals surface area contributed by atoms with Crippen LogP contribution in [0.4, 0.5) is 4.79 Å². The fourth-order valence-electron chi connectivity index (χ4n) is 1.26. The van der Waals surface area contributed by atoms with Gasteiger partial charge in [-0.15, -0.1) is 0 Å². The lowest BCUT2D eigenvalue weighted by Gasteiger charge is -2.05. The Balaban J connectivity index is 2.31. The van der Waals surface area contributed by atoms with Crippen LogP contribution in [0, 0.1) is 0 Å². The van der Waals surface area contributed by atoms with Crippen LogP contribution in [-0.4, -0.2) is 12.1 Å². The van der Waals surface area contributed by atoms with Gasteiger partial charge in [-0.25, -0.2) is 9.59 Å². The molecule has 4 nitrogen and oxygen atoms in total. The van der Waals surface area contributed by atoms with E-state index in [0.29, 0.717) is 5.56 Å². The van der Waals surface area contributed by atoms with Crippen LogP contribution in [0.15, 0.2) is 28.7 Å². The van der Waals surface area contributed by atoms with Crippen LogP contribution in [0.2, 0.25) is 0 Å². The van der Waals surface area contributed by atoms with Gasteiger partial charge in [0.15, 0.2) is 6.04 Å². The topological polar surface area (TPSA) is 55.4 Å². The number of esters is 1. The van der Waals surface area contributed by atoms with Crippen molar-refractivity contribution in [1.29, 1.82) is 0 Å². The molecule has 72 valence electrons. The van der Waals surface area contributed by atoms with Crippen molar-refractivity contribution in [1.82, 2.24) is 5.32 Å². The van der Waals surface area contributed by atoms with E-state index in [1.807, 2.05) is 6.07 Å². The Kier molecular flexibility index (Phi) is 2.25. The molecule has 14 heavy (non-hydrogen) atoms. The fraction of sp³-hybridized carbons (Fsp3) is 0.111. The highest BCUT2D eigenvalue weighted by Gasteiger charge is 2.33. The van der Waals surface area contributed by atoms with Gasteiger partial charge in [-0.2, -0.15) is 0 Å². The van der Waals surface area contributed by atoms with E-state index in [1.165, 1.54) is 0 Å². The highest BCUT2D eigenvalue weighted by atomic mass is 79.9. The van der Waals surface area contributed by atoms with Crippen molar-refractivity contribution in [3.8, 4) is 0 Å². The summed E-state index contributed by atoms with van der Waals surface area (Å²) in [5, 5.41) is 2.42. The zero-order valence-electron chi connectivity index (χ0n) is 6.99. The van der Waals surface area contributed by atoms with E-state index >= 15 is 0 Å². The molecule has 0 aromatic heterocycles. The number of cyclic esters (lactones) is 2. The maximum Gasteiger partial charge on any atom is 0.415 e. The average molecular weight is 256 g/mol.